The molecule has 2 N–H and O–H groups in total. The largest absolute Gasteiger partial charge is 0.462 e. The first-order chi connectivity index (χ1) is 14.9. The van der Waals surface area contributed by atoms with Crippen molar-refractivity contribution in [2.45, 2.75) is 13.8 Å². The number of ether oxygens (including phenoxy) is 1. The third kappa shape index (κ3) is 3.11. The van der Waals surface area contributed by atoms with Crippen molar-refractivity contribution in [1.82, 2.24) is 9.78 Å². The van der Waals surface area contributed by atoms with Crippen molar-refractivity contribution in [3.63, 3.8) is 0 Å². The van der Waals surface area contributed by atoms with Crippen LogP contribution in [0.4, 0.5) is 5.69 Å². The molecule has 4 rings (SSSR count). The fraction of sp³-hybridized carbons (Fsp3) is 0.136. The quantitative estimate of drug-likeness (QED) is 0.397. The number of nitrogen functional groups attached to an aromatic ring is 1. The fourth-order valence-corrected chi connectivity index (χ4v) is 3.47. The lowest BCUT2D eigenvalue weighted by Crippen LogP contribution is -2.27. The van der Waals surface area contributed by atoms with Gasteiger partial charge in [-0.25, -0.2) is 4.79 Å². The monoisotopic (exact) mass is 416 g/mol. The van der Waals surface area contributed by atoms with Gasteiger partial charge >= 0.3 is 5.97 Å². The van der Waals surface area contributed by atoms with Gasteiger partial charge in [0, 0.05) is 11.1 Å². The SMILES string of the molecule is CCOC(=O)c1c(C#N)cc(N)c(C(=O)n2nc3oc4ccccc4cc-3c2=O)c1C. The molecule has 0 amide bonds. The van der Waals surface area contributed by atoms with Crippen LogP contribution in [0.2, 0.25) is 0 Å². The van der Waals surface area contributed by atoms with E-state index in [0.717, 1.165) is 0 Å². The second-order valence-corrected chi connectivity index (χ2v) is 6.75. The van der Waals surface area contributed by atoms with Gasteiger partial charge in [-0.1, -0.05) is 18.2 Å². The number of fused-ring (bicyclic) bond motifs is 2. The van der Waals surface area contributed by atoms with Crippen molar-refractivity contribution < 1.29 is 18.7 Å². The van der Waals surface area contributed by atoms with Crippen LogP contribution in [-0.4, -0.2) is 28.3 Å². The third-order valence-electron chi connectivity index (χ3n) is 4.88. The molecule has 0 radical (unpaired) electrons. The Morgan fingerprint density at radius 1 is 1.26 bits per heavy atom. The van der Waals surface area contributed by atoms with Crippen LogP contribution in [0.5, 0.6) is 0 Å². The van der Waals surface area contributed by atoms with Crippen molar-refractivity contribution >= 4 is 28.5 Å². The van der Waals surface area contributed by atoms with Crippen LogP contribution < -0.4 is 11.3 Å². The van der Waals surface area contributed by atoms with Gasteiger partial charge in [0.05, 0.1) is 23.3 Å². The van der Waals surface area contributed by atoms with Gasteiger partial charge in [-0.15, -0.1) is 5.10 Å². The molecule has 9 heteroatoms. The van der Waals surface area contributed by atoms with E-state index in [1.54, 1.807) is 37.3 Å². The van der Waals surface area contributed by atoms with Crippen molar-refractivity contribution in [1.29, 1.82) is 5.26 Å². The summed E-state index contributed by atoms with van der Waals surface area (Å²) in [4.78, 5) is 38.5. The average Bonchev–Trinajstić information content (AvgIpc) is 3.07. The van der Waals surface area contributed by atoms with E-state index in [-0.39, 0.29) is 46.0 Å². The van der Waals surface area contributed by atoms with Crippen LogP contribution >= 0.6 is 0 Å². The van der Waals surface area contributed by atoms with E-state index in [1.807, 2.05) is 6.07 Å². The molecule has 0 atom stereocenters. The number of hydrogen-bond acceptors (Lipinski definition) is 8. The molecule has 0 spiro atoms. The maximum absolute atomic E-state index is 13.2. The molecule has 2 heterocycles. The fourth-order valence-electron chi connectivity index (χ4n) is 3.47. The summed E-state index contributed by atoms with van der Waals surface area (Å²) in [6.45, 7) is 3.17. The standard InChI is InChI=1S/C22H16N4O5/c1-3-30-22(29)17-11(2)18(15(24)9-13(17)10-23)21(28)26-20(27)14-8-12-6-4-5-7-16(12)31-19(14)25-26/h4-9H,3,24H2,1-2H3. The van der Waals surface area contributed by atoms with E-state index >= 15 is 0 Å². The molecule has 2 aliphatic heterocycles. The molecular weight excluding hydrogens is 400 g/mol. The Morgan fingerprint density at radius 3 is 2.71 bits per heavy atom. The highest BCUT2D eigenvalue weighted by molar-refractivity contribution is 6.06. The first-order valence-corrected chi connectivity index (χ1v) is 9.34. The van der Waals surface area contributed by atoms with Crippen LogP contribution in [0.3, 0.4) is 0 Å². The predicted octanol–water partition coefficient (Wildman–Crippen LogP) is 2.72. The Bertz CT molecular complexity index is 1440. The minimum Gasteiger partial charge on any atom is -0.462 e. The van der Waals surface area contributed by atoms with Crippen LogP contribution in [0.15, 0.2) is 45.6 Å². The van der Waals surface area contributed by atoms with E-state index in [2.05, 4.69) is 5.10 Å². The molecule has 0 saturated heterocycles. The summed E-state index contributed by atoms with van der Waals surface area (Å²) in [5.41, 5.74) is 5.80. The van der Waals surface area contributed by atoms with Gasteiger partial charge in [-0.2, -0.15) is 9.94 Å². The van der Waals surface area contributed by atoms with Gasteiger partial charge in [0.25, 0.3) is 11.5 Å². The van der Waals surface area contributed by atoms with Crippen LogP contribution in [0, 0.1) is 18.3 Å². The zero-order valence-corrected chi connectivity index (χ0v) is 16.6. The number of carbonyl (C=O) groups excluding carboxylic acids is 2. The lowest BCUT2D eigenvalue weighted by atomic mass is 9.95. The second kappa shape index (κ2) is 7.42. The molecule has 9 nitrogen and oxygen atoms in total. The first kappa shape index (κ1) is 19.8. The molecule has 0 unspecified atom stereocenters. The molecular formula is C22H16N4O5. The lowest BCUT2D eigenvalue weighted by Gasteiger charge is -2.13. The minimum atomic E-state index is -0.842. The molecule has 0 aliphatic carbocycles. The van der Waals surface area contributed by atoms with E-state index in [1.165, 1.54) is 13.0 Å². The minimum absolute atomic E-state index is 0.00691. The van der Waals surface area contributed by atoms with Crippen molar-refractivity contribution in [2.24, 2.45) is 0 Å². The Hall–Kier alpha value is -4.45. The van der Waals surface area contributed by atoms with Crippen molar-refractivity contribution in [3.05, 3.63) is 69.0 Å². The molecule has 31 heavy (non-hydrogen) atoms. The molecule has 2 aliphatic rings. The van der Waals surface area contributed by atoms with Gasteiger partial charge < -0.3 is 14.9 Å². The van der Waals surface area contributed by atoms with Crippen molar-refractivity contribution in [2.75, 3.05) is 12.3 Å². The average molecular weight is 416 g/mol. The number of esters is 1. The van der Waals surface area contributed by atoms with Crippen molar-refractivity contribution in [3.8, 4) is 17.5 Å². The van der Waals surface area contributed by atoms with E-state index in [9.17, 15) is 19.6 Å². The molecule has 2 aromatic carbocycles. The van der Waals surface area contributed by atoms with E-state index < -0.39 is 17.4 Å². The normalized spacial score (nSPS) is 10.9. The Morgan fingerprint density at radius 2 is 2.00 bits per heavy atom. The summed E-state index contributed by atoms with van der Waals surface area (Å²) < 4.78 is 11.3. The Kier molecular flexibility index (Phi) is 4.75. The molecule has 0 saturated carbocycles. The summed E-state index contributed by atoms with van der Waals surface area (Å²) in [5.74, 6) is -1.61. The molecule has 2 aromatic rings. The summed E-state index contributed by atoms with van der Waals surface area (Å²) in [6.07, 6.45) is 0. The number of aromatic nitrogens is 2. The van der Waals surface area contributed by atoms with Gasteiger partial charge in [0.1, 0.15) is 17.2 Å². The number of nitrogens with two attached hydrogens (primary N) is 1. The zero-order valence-electron chi connectivity index (χ0n) is 16.6. The number of carbonyl (C=O) groups is 2. The number of anilines is 1. The van der Waals surface area contributed by atoms with Crippen LogP contribution in [0.25, 0.3) is 22.4 Å². The maximum atomic E-state index is 13.2. The molecule has 0 bridgehead atoms. The zero-order chi connectivity index (χ0) is 22.3. The molecule has 0 fully saturated rings. The number of para-hydroxylation sites is 1. The Labute approximate surface area is 175 Å². The van der Waals surface area contributed by atoms with Gasteiger partial charge in [0.15, 0.2) is 0 Å². The Balaban J connectivity index is 1.93. The lowest BCUT2D eigenvalue weighted by molar-refractivity contribution is 0.0525. The predicted molar refractivity (Wildman–Crippen MR) is 111 cm³/mol. The first-order valence-electron chi connectivity index (χ1n) is 9.34. The second-order valence-electron chi connectivity index (χ2n) is 6.75. The summed E-state index contributed by atoms with van der Waals surface area (Å²) in [5, 5.41) is 14.1. The number of nitriles is 1. The highest BCUT2D eigenvalue weighted by atomic mass is 16.5. The topological polar surface area (TPSA) is 141 Å². The van der Waals surface area contributed by atoms with Gasteiger partial charge in [0.2, 0.25) is 5.89 Å². The summed E-state index contributed by atoms with van der Waals surface area (Å²) in [7, 11) is 0. The summed E-state index contributed by atoms with van der Waals surface area (Å²) in [6, 6.07) is 11.7. The number of hydrogen-bond donors (Lipinski definition) is 1. The van der Waals surface area contributed by atoms with Gasteiger partial charge in [-0.3, -0.25) is 9.59 Å². The number of benzene rings is 2. The summed E-state index contributed by atoms with van der Waals surface area (Å²) >= 11 is 0. The number of nitrogens with zero attached hydrogens (tertiary/aromatic N) is 3. The third-order valence-corrected chi connectivity index (χ3v) is 4.88. The van der Waals surface area contributed by atoms with Gasteiger partial charge in [-0.05, 0) is 37.6 Å². The smallest absolute Gasteiger partial charge is 0.339 e. The van der Waals surface area contributed by atoms with Crippen LogP contribution in [-0.2, 0) is 4.74 Å². The van der Waals surface area contributed by atoms with Crippen LogP contribution in [0.1, 0.15) is 38.8 Å². The molecule has 0 aromatic heterocycles. The van der Waals surface area contributed by atoms with E-state index in [0.29, 0.717) is 15.7 Å². The highest BCUT2D eigenvalue weighted by Crippen LogP contribution is 2.28. The molecule has 154 valence electrons. The number of rotatable bonds is 3. The van der Waals surface area contributed by atoms with E-state index in [4.69, 9.17) is 14.9 Å². The highest BCUT2D eigenvalue weighted by Gasteiger charge is 2.29. The maximum Gasteiger partial charge on any atom is 0.339 e.